The molecule has 1 aliphatic heterocycles. The number of hydrogen-bond acceptors (Lipinski definition) is 4. The van der Waals surface area contributed by atoms with Gasteiger partial charge in [-0.1, -0.05) is 30.5 Å². The minimum Gasteiger partial charge on any atom is -0.341 e. The van der Waals surface area contributed by atoms with Gasteiger partial charge in [-0.05, 0) is 31.9 Å². The first-order valence-electron chi connectivity index (χ1n) is 8.67. The number of aryl methyl sites for hydroxylation is 1. The van der Waals surface area contributed by atoms with Crippen molar-refractivity contribution in [3.05, 3.63) is 41.7 Å². The number of nitrogens with one attached hydrogen (secondary N) is 1. The number of rotatable bonds is 4. The Labute approximate surface area is 147 Å². The number of hydrogen-bond donors (Lipinski definition) is 1. The molecular formula is C18H23N5O2. The van der Waals surface area contributed by atoms with Gasteiger partial charge in [0.2, 0.25) is 11.9 Å². The number of aromatic nitrogens is 3. The highest BCUT2D eigenvalue weighted by Gasteiger charge is 2.17. The van der Waals surface area contributed by atoms with Gasteiger partial charge >= 0.3 is 0 Å². The Morgan fingerprint density at radius 3 is 2.64 bits per heavy atom. The molecule has 1 aromatic heterocycles. The Hall–Kier alpha value is -2.70. The second-order valence-electron chi connectivity index (χ2n) is 6.38. The van der Waals surface area contributed by atoms with Crippen LogP contribution in [-0.4, -0.2) is 44.6 Å². The third-order valence-corrected chi connectivity index (χ3v) is 4.30. The fourth-order valence-electron chi connectivity index (χ4n) is 2.95. The maximum atomic E-state index is 12.4. The van der Waals surface area contributed by atoms with E-state index in [0.29, 0.717) is 5.56 Å². The Bertz CT molecular complexity index is 747. The average molecular weight is 341 g/mol. The van der Waals surface area contributed by atoms with Gasteiger partial charge < -0.3 is 4.90 Å². The smallest absolute Gasteiger partial charge is 0.258 e. The number of amides is 2. The van der Waals surface area contributed by atoms with E-state index >= 15 is 0 Å². The van der Waals surface area contributed by atoms with Crippen molar-refractivity contribution in [2.75, 3.05) is 18.4 Å². The zero-order valence-corrected chi connectivity index (χ0v) is 14.4. The minimum atomic E-state index is -0.264. The van der Waals surface area contributed by atoms with Crippen molar-refractivity contribution in [3.8, 4) is 0 Å². The van der Waals surface area contributed by atoms with E-state index in [2.05, 4.69) is 15.4 Å². The minimum absolute atomic E-state index is 0.0448. The topological polar surface area (TPSA) is 80.1 Å². The molecule has 1 aromatic carbocycles. The van der Waals surface area contributed by atoms with Crippen molar-refractivity contribution in [2.24, 2.45) is 0 Å². The Balaban J connectivity index is 1.58. The van der Waals surface area contributed by atoms with Crippen molar-refractivity contribution in [3.63, 3.8) is 0 Å². The molecule has 0 unspecified atom stereocenters. The highest BCUT2D eigenvalue weighted by molar-refractivity contribution is 6.03. The van der Waals surface area contributed by atoms with Crippen LogP contribution in [-0.2, 0) is 11.3 Å². The summed E-state index contributed by atoms with van der Waals surface area (Å²) in [5.74, 6) is -0.0150. The largest absolute Gasteiger partial charge is 0.341 e. The van der Waals surface area contributed by atoms with Gasteiger partial charge in [-0.15, -0.1) is 5.10 Å². The normalized spacial score (nSPS) is 14.8. The molecular weight excluding hydrogens is 318 g/mol. The van der Waals surface area contributed by atoms with E-state index in [9.17, 15) is 9.59 Å². The Kier molecular flexibility index (Phi) is 5.42. The maximum absolute atomic E-state index is 12.4. The standard InChI is InChI=1S/C18H23N5O2/c1-14-7-6-8-15(11-14)17(25)20-18-19-13-23(21-18)12-16(24)22-9-4-2-3-5-10-22/h6-8,11,13H,2-5,9-10,12H2,1H3,(H,20,21,25). The van der Waals surface area contributed by atoms with E-state index in [1.54, 1.807) is 12.1 Å². The van der Waals surface area contributed by atoms with E-state index in [-0.39, 0.29) is 24.3 Å². The molecule has 132 valence electrons. The summed E-state index contributed by atoms with van der Waals surface area (Å²) in [5, 5.41) is 6.84. The summed E-state index contributed by atoms with van der Waals surface area (Å²) in [6, 6.07) is 7.30. The molecule has 0 aliphatic carbocycles. The summed E-state index contributed by atoms with van der Waals surface area (Å²) in [7, 11) is 0. The van der Waals surface area contributed by atoms with Crippen LogP contribution in [0.1, 0.15) is 41.6 Å². The Morgan fingerprint density at radius 2 is 1.92 bits per heavy atom. The molecule has 3 rings (SSSR count). The van der Waals surface area contributed by atoms with Crippen LogP contribution in [0.3, 0.4) is 0 Å². The lowest BCUT2D eigenvalue weighted by Crippen LogP contribution is -2.34. The molecule has 0 saturated carbocycles. The molecule has 2 aromatic rings. The van der Waals surface area contributed by atoms with Crippen molar-refractivity contribution >= 4 is 17.8 Å². The molecule has 0 radical (unpaired) electrons. The summed E-state index contributed by atoms with van der Waals surface area (Å²) in [4.78, 5) is 30.5. The summed E-state index contributed by atoms with van der Waals surface area (Å²) in [6.45, 7) is 3.69. The number of anilines is 1. The van der Waals surface area contributed by atoms with Crippen molar-refractivity contribution < 1.29 is 9.59 Å². The van der Waals surface area contributed by atoms with Crippen LogP contribution in [0.15, 0.2) is 30.6 Å². The molecule has 1 fully saturated rings. The molecule has 7 nitrogen and oxygen atoms in total. The fraction of sp³-hybridized carbons (Fsp3) is 0.444. The molecule has 25 heavy (non-hydrogen) atoms. The van der Waals surface area contributed by atoms with E-state index in [0.717, 1.165) is 31.5 Å². The van der Waals surface area contributed by atoms with E-state index in [1.165, 1.54) is 23.9 Å². The molecule has 0 spiro atoms. The quantitative estimate of drug-likeness (QED) is 0.925. The predicted octanol–water partition coefficient (Wildman–Crippen LogP) is 2.24. The summed E-state index contributed by atoms with van der Waals surface area (Å²) >= 11 is 0. The second-order valence-corrected chi connectivity index (χ2v) is 6.38. The highest BCUT2D eigenvalue weighted by atomic mass is 16.2. The van der Waals surface area contributed by atoms with Crippen LogP contribution < -0.4 is 5.32 Å². The third kappa shape index (κ3) is 4.65. The number of benzene rings is 1. The Morgan fingerprint density at radius 1 is 1.16 bits per heavy atom. The third-order valence-electron chi connectivity index (χ3n) is 4.30. The number of nitrogens with zero attached hydrogens (tertiary/aromatic N) is 4. The van der Waals surface area contributed by atoms with Gasteiger partial charge in [0.15, 0.2) is 0 Å². The van der Waals surface area contributed by atoms with Crippen LogP contribution in [0, 0.1) is 6.92 Å². The van der Waals surface area contributed by atoms with Crippen LogP contribution >= 0.6 is 0 Å². The van der Waals surface area contributed by atoms with E-state index in [4.69, 9.17) is 0 Å². The summed E-state index contributed by atoms with van der Waals surface area (Å²) in [5.41, 5.74) is 1.56. The molecule has 1 aliphatic rings. The lowest BCUT2D eigenvalue weighted by atomic mass is 10.1. The number of carbonyl (C=O) groups excluding carboxylic acids is 2. The van der Waals surface area contributed by atoms with Crippen molar-refractivity contribution in [1.82, 2.24) is 19.7 Å². The predicted molar refractivity (Wildman–Crippen MR) is 94.2 cm³/mol. The zero-order chi connectivity index (χ0) is 17.6. The molecule has 1 N–H and O–H groups in total. The van der Waals surface area contributed by atoms with Crippen molar-refractivity contribution in [2.45, 2.75) is 39.2 Å². The molecule has 7 heteroatoms. The first-order valence-corrected chi connectivity index (χ1v) is 8.67. The van der Waals surface area contributed by atoms with Crippen LogP contribution in [0.25, 0.3) is 0 Å². The molecule has 0 atom stereocenters. The van der Waals surface area contributed by atoms with Crippen LogP contribution in [0.2, 0.25) is 0 Å². The van der Waals surface area contributed by atoms with E-state index in [1.807, 2.05) is 24.0 Å². The molecule has 1 saturated heterocycles. The summed E-state index contributed by atoms with van der Waals surface area (Å²) in [6.07, 6.45) is 5.95. The first kappa shape index (κ1) is 17.1. The maximum Gasteiger partial charge on any atom is 0.258 e. The molecule has 0 bridgehead atoms. The van der Waals surface area contributed by atoms with Gasteiger partial charge in [0, 0.05) is 18.7 Å². The van der Waals surface area contributed by atoms with Gasteiger partial charge in [0.25, 0.3) is 5.91 Å². The van der Waals surface area contributed by atoms with Crippen molar-refractivity contribution in [1.29, 1.82) is 0 Å². The second kappa shape index (κ2) is 7.92. The van der Waals surface area contributed by atoms with Crippen LogP contribution in [0.4, 0.5) is 5.95 Å². The number of likely N-dealkylation sites (tertiary alicyclic amines) is 1. The van der Waals surface area contributed by atoms with Gasteiger partial charge in [0.05, 0.1) is 0 Å². The fourth-order valence-corrected chi connectivity index (χ4v) is 2.95. The lowest BCUT2D eigenvalue weighted by Gasteiger charge is -2.19. The SMILES string of the molecule is Cc1cccc(C(=O)Nc2ncn(CC(=O)N3CCCCCC3)n2)c1. The van der Waals surface area contributed by atoms with Gasteiger partial charge in [0.1, 0.15) is 12.9 Å². The summed E-state index contributed by atoms with van der Waals surface area (Å²) < 4.78 is 1.47. The number of carbonyl (C=O) groups is 2. The van der Waals surface area contributed by atoms with Crippen LogP contribution in [0.5, 0.6) is 0 Å². The monoisotopic (exact) mass is 341 g/mol. The highest BCUT2D eigenvalue weighted by Crippen LogP contribution is 2.11. The van der Waals surface area contributed by atoms with Gasteiger partial charge in [-0.25, -0.2) is 9.67 Å². The molecule has 2 heterocycles. The van der Waals surface area contributed by atoms with Gasteiger partial charge in [-0.3, -0.25) is 14.9 Å². The first-order chi connectivity index (χ1) is 12.1. The molecule has 2 amide bonds. The lowest BCUT2D eigenvalue weighted by molar-refractivity contribution is -0.132. The average Bonchev–Trinajstić information content (AvgIpc) is 2.85. The zero-order valence-electron chi connectivity index (χ0n) is 14.4. The van der Waals surface area contributed by atoms with Gasteiger partial charge in [-0.2, -0.15) is 0 Å². The van der Waals surface area contributed by atoms with E-state index < -0.39 is 0 Å².